The van der Waals surface area contributed by atoms with Gasteiger partial charge >= 0.3 is 0 Å². The van der Waals surface area contributed by atoms with Crippen molar-refractivity contribution >= 4 is 22.6 Å². The number of nitrogens with zero attached hydrogens (tertiary/aromatic N) is 2. The van der Waals surface area contributed by atoms with Crippen LogP contribution in [0.5, 0.6) is 0 Å². The summed E-state index contributed by atoms with van der Waals surface area (Å²) in [6.07, 6.45) is 4.90. The van der Waals surface area contributed by atoms with Crippen molar-refractivity contribution in [3.8, 4) is 0 Å². The highest BCUT2D eigenvalue weighted by Gasteiger charge is 2.24. The molecule has 8 nitrogen and oxygen atoms in total. The molecule has 0 aliphatic rings. The van der Waals surface area contributed by atoms with Gasteiger partial charge in [-0.2, -0.15) is 0 Å². The molecule has 4 aromatic rings. The fraction of sp³-hybridized carbons (Fsp3) is 0.400. The molecule has 2 amide bonds. The minimum atomic E-state index is -0.641. The molecule has 0 radical (unpaired) electrons. The molecular formula is C35H46N6O2. The van der Waals surface area contributed by atoms with Crippen LogP contribution in [0, 0.1) is 5.92 Å². The van der Waals surface area contributed by atoms with Gasteiger partial charge in [-0.05, 0) is 72.8 Å². The minimum absolute atomic E-state index is 0.167. The van der Waals surface area contributed by atoms with Gasteiger partial charge in [0, 0.05) is 31.0 Å². The Kier molecular flexibility index (Phi) is 11.9. The number of carbonyl (C=O) groups excluding carboxylic acids is 2. The number of benzene rings is 3. The Labute approximate surface area is 255 Å². The number of amides is 2. The minimum Gasteiger partial charge on any atom is -0.348 e. The fourth-order valence-corrected chi connectivity index (χ4v) is 5.44. The monoisotopic (exact) mass is 582 g/mol. The molecule has 0 aliphatic heterocycles. The first-order chi connectivity index (χ1) is 20.8. The van der Waals surface area contributed by atoms with Crippen LogP contribution in [0.2, 0.25) is 0 Å². The van der Waals surface area contributed by atoms with Gasteiger partial charge in [0.25, 0.3) is 5.91 Å². The van der Waals surface area contributed by atoms with Crippen LogP contribution in [0.4, 0.5) is 0 Å². The maximum atomic E-state index is 13.7. The molecule has 0 bridgehead atoms. The number of hydrogen-bond donors (Lipinski definition) is 4. The van der Waals surface area contributed by atoms with E-state index in [1.165, 1.54) is 0 Å². The number of nitrogens with one attached hydrogen (secondary N) is 4. The number of carbonyl (C=O) groups is 2. The van der Waals surface area contributed by atoms with E-state index in [2.05, 4.69) is 75.9 Å². The molecule has 43 heavy (non-hydrogen) atoms. The third kappa shape index (κ3) is 9.49. The molecular weight excluding hydrogens is 536 g/mol. The maximum Gasteiger partial charge on any atom is 0.251 e. The summed E-state index contributed by atoms with van der Waals surface area (Å²) in [6.45, 7) is 12.7. The number of imidazole rings is 1. The van der Waals surface area contributed by atoms with Crippen LogP contribution in [0.25, 0.3) is 10.8 Å². The highest BCUT2D eigenvalue weighted by molar-refractivity contribution is 5.97. The van der Waals surface area contributed by atoms with E-state index in [-0.39, 0.29) is 17.9 Å². The lowest BCUT2D eigenvalue weighted by atomic mass is 9.99. The summed E-state index contributed by atoms with van der Waals surface area (Å²) in [5, 5.41) is 11.8. The number of hydrogen-bond acceptors (Lipinski definition) is 5. The Balaban J connectivity index is 1.41. The quantitative estimate of drug-likeness (QED) is 0.138. The normalized spacial score (nSPS) is 12.9. The van der Waals surface area contributed by atoms with E-state index in [1.54, 1.807) is 12.4 Å². The first-order valence-corrected chi connectivity index (χ1v) is 15.4. The third-order valence-electron chi connectivity index (χ3n) is 7.70. The molecule has 1 heterocycles. The Bertz CT molecular complexity index is 1430. The number of fused-ring (bicyclic) bond motifs is 1. The van der Waals surface area contributed by atoms with Gasteiger partial charge in [0.05, 0.1) is 12.6 Å². The third-order valence-corrected chi connectivity index (χ3v) is 7.70. The summed E-state index contributed by atoms with van der Waals surface area (Å²) in [5.74, 6) is 1.03. The SMILES string of the molecule is CCN(CCC[C@H](NC(=O)c1ccc(CNCc2ncc[nH]2)cc1)C(=O)N[C@@H](C)c1cccc2ccccc12)CC(C)C. The van der Waals surface area contributed by atoms with Gasteiger partial charge in [0.1, 0.15) is 11.9 Å². The number of H-pyrrole nitrogens is 1. The van der Waals surface area contributed by atoms with Gasteiger partial charge in [0.15, 0.2) is 0 Å². The van der Waals surface area contributed by atoms with Crippen molar-refractivity contribution in [2.75, 3.05) is 19.6 Å². The van der Waals surface area contributed by atoms with Crippen molar-refractivity contribution in [3.63, 3.8) is 0 Å². The Morgan fingerprint density at radius 2 is 1.70 bits per heavy atom. The summed E-state index contributed by atoms with van der Waals surface area (Å²) in [7, 11) is 0. The first kappa shape index (κ1) is 31.9. The van der Waals surface area contributed by atoms with Crippen molar-refractivity contribution in [3.05, 3.63) is 102 Å². The van der Waals surface area contributed by atoms with Gasteiger partial charge in [-0.1, -0.05) is 75.4 Å². The van der Waals surface area contributed by atoms with E-state index in [1.807, 2.05) is 49.4 Å². The van der Waals surface area contributed by atoms with Gasteiger partial charge < -0.3 is 25.8 Å². The molecule has 2 atom stereocenters. The molecule has 8 heteroatoms. The van der Waals surface area contributed by atoms with Crippen LogP contribution in [-0.4, -0.2) is 52.4 Å². The zero-order valence-corrected chi connectivity index (χ0v) is 25.9. The summed E-state index contributed by atoms with van der Waals surface area (Å²) in [5.41, 5.74) is 2.65. The predicted octanol–water partition coefficient (Wildman–Crippen LogP) is 5.59. The zero-order valence-electron chi connectivity index (χ0n) is 25.9. The molecule has 0 spiro atoms. The van der Waals surface area contributed by atoms with Crippen LogP contribution in [-0.2, 0) is 17.9 Å². The topological polar surface area (TPSA) is 102 Å². The standard InChI is InChI=1S/C35H46N6O2/c1-5-41(24-25(2)3)21-9-14-32(35(43)39-26(4)30-13-8-11-28-10-6-7-12-31(28)30)40-34(42)29-17-15-27(16-18-29)22-36-23-33-37-19-20-38-33/h6-8,10-13,15-20,25-26,32,36H,5,9,14,21-24H2,1-4H3,(H,37,38)(H,39,43)(H,40,42)/t26-,32-/m0/s1. The van der Waals surface area contributed by atoms with E-state index in [0.29, 0.717) is 31.0 Å². The molecule has 0 fully saturated rings. The van der Waals surface area contributed by atoms with Gasteiger partial charge in [0.2, 0.25) is 5.91 Å². The lowest BCUT2D eigenvalue weighted by Gasteiger charge is -2.25. The van der Waals surface area contributed by atoms with Crippen molar-refractivity contribution in [2.24, 2.45) is 5.92 Å². The van der Waals surface area contributed by atoms with Gasteiger partial charge in [-0.15, -0.1) is 0 Å². The van der Waals surface area contributed by atoms with E-state index in [0.717, 1.165) is 53.8 Å². The second kappa shape index (κ2) is 16.0. The molecule has 0 saturated heterocycles. The first-order valence-electron chi connectivity index (χ1n) is 15.4. The molecule has 3 aromatic carbocycles. The Morgan fingerprint density at radius 3 is 2.42 bits per heavy atom. The zero-order chi connectivity index (χ0) is 30.6. The van der Waals surface area contributed by atoms with Crippen molar-refractivity contribution in [2.45, 2.75) is 65.7 Å². The van der Waals surface area contributed by atoms with Crippen molar-refractivity contribution in [1.29, 1.82) is 0 Å². The number of aromatic nitrogens is 2. The van der Waals surface area contributed by atoms with Crippen molar-refractivity contribution in [1.82, 2.24) is 30.8 Å². The van der Waals surface area contributed by atoms with Crippen molar-refractivity contribution < 1.29 is 9.59 Å². The van der Waals surface area contributed by atoms with Crippen LogP contribution in [0.1, 0.15) is 73.9 Å². The summed E-state index contributed by atoms with van der Waals surface area (Å²) in [6, 6.07) is 21.0. The van der Waals surface area contributed by atoms with Crippen LogP contribution in [0.3, 0.4) is 0 Å². The molecule has 0 aliphatic carbocycles. The lowest BCUT2D eigenvalue weighted by Crippen LogP contribution is -2.47. The number of aromatic amines is 1. The summed E-state index contributed by atoms with van der Waals surface area (Å²) < 4.78 is 0. The molecule has 0 saturated carbocycles. The average molecular weight is 583 g/mol. The van der Waals surface area contributed by atoms with E-state index < -0.39 is 6.04 Å². The van der Waals surface area contributed by atoms with E-state index in [4.69, 9.17) is 0 Å². The smallest absolute Gasteiger partial charge is 0.251 e. The summed E-state index contributed by atoms with van der Waals surface area (Å²) >= 11 is 0. The van der Waals surface area contributed by atoms with Gasteiger partial charge in [-0.3, -0.25) is 9.59 Å². The van der Waals surface area contributed by atoms with E-state index in [9.17, 15) is 9.59 Å². The second-order valence-corrected chi connectivity index (χ2v) is 11.6. The highest BCUT2D eigenvalue weighted by Crippen LogP contribution is 2.24. The average Bonchev–Trinajstić information content (AvgIpc) is 3.53. The molecule has 1 aromatic heterocycles. The second-order valence-electron chi connectivity index (χ2n) is 11.6. The Morgan fingerprint density at radius 1 is 0.930 bits per heavy atom. The number of rotatable bonds is 16. The molecule has 4 N–H and O–H groups in total. The Hall–Kier alpha value is -4.01. The van der Waals surface area contributed by atoms with Crippen LogP contribution in [0.15, 0.2) is 79.1 Å². The highest BCUT2D eigenvalue weighted by atomic mass is 16.2. The largest absolute Gasteiger partial charge is 0.348 e. The van der Waals surface area contributed by atoms with Crippen LogP contribution >= 0.6 is 0 Å². The van der Waals surface area contributed by atoms with Gasteiger partial charge in [-0.25, -0.2) is 4.98 Å². The predicted molar refractivity (Wildman–Crippen MR) is 174 cm³/mol. The maximum absolute atomic E-state index is 13.7. The fourth-order valence-electron chi connectivity index (χ4n) is 5.44. The molecule has 228 valence electrons. The lowest BCUT2D eigenvalue weighted by molar-refractivity contribution is -0.123. The molecule has 0 unspecified atom stereocenters. The van der Waals surface area contributed by atoms with Crippen LogP contribution < -0.4 is 16.0 Å². The van der Waals surface area contributed by atoms with E-state index >= 15 is 0 Å². The molecule has 4 rings (SSSR count). The summed E-state index contributed by atoms with van der Waals surface area (Å²) in [4.78, 5) is 36.7.